The van der Waals surface area contributed by atoms with E-state index in [-0.39, 0.29) is 12.1 Å². The van der Waals surface area contributed by atoms with Crippen LogP contribution >= 0.6 is 0 Å². The van der Waals surface area contributed by atoms with Crippen LogP contribution in [0, 0.1) is 5.92 Å². The molecule has 2 amide bonds. The summed E-state index contributed by atoms with van der Waals surface area (Å²) in [6.07, 6.45) is 4.43. The van der Waals surface area contributed by atoms with Gasteiger partial charge in [0.05, 0.1) is 25.5 Å². The van der Waals surface area contributed by atoms with Gasteiger partial charge in [-0.25, -0.2) is 4.79 Å². The molecule has 0 spiro atoms. The lowest BCUT2D eigenvalue weighted by Gasteiger charge is -2.34. The number of hydrogen-bond donors (Lipinski definition) is 1. The SMILES string of the molecule is CN(CC1CC1)C[C@H]1CN(C(=O)NCc2ccco2)CCO1. The Morgan fingerprint density at radius 1 is 1.45 bits per heavy atom. The van der Waals surface area contributed by atoms with E-state index in [2.05, 4.69) is 17.3 Å². The molecule has 22 heavy (non-hydrogen) atoms. The van der Waals surface area contributed by atoms with E-state index in [4.69, 9.17) is 9.15 Å². The normalized spacial score (nSPS) is 22.1. The van der Waals surface area contributed by atoms with Crippen LogP contribution in [0.2, 0.25) is 0 Å². The molecule has 0 aromatic carbocycles. The molecule has 0 radical (unpaired) electrons. The van der Waals surface area contributed by atoms with Crippen LogP contribution in [-0.4, -0.2) is 61.8 Å². The summed E-state index contributed by atoms with van der Waals surface area (Å²) < 4.78 is 11.0. The van der Waals surface area contributed by atoms with Crippen LogP contribution in [0.15, 0.2) is 22.8 Å². The molecule has 122 valence electrons. The van der Waals surface area contributed by atoms with Gasteiger partial charge in [0.2, 0.25) is 0 Å². The highest BCUT2D eigenvalue weighted by Crippen LogP contribution is 2.29. The lowest BCUT2D eigenvalue weighted by molar-refractivity contribution is -0.0278. The monoisotopic (exact) mass is 307 g/mol. The molecular weight excluding hydrogens is 282 g/mol. The van der Waals surface area contributed by atoms with Crippen molar-refractivity contribution in [2.45, 2.75) is 25.5 Å². The highest BCUT2D eigenvalue weighted by Gasteiger charge is 2.27. The van der Waals surface area contributed by atoms with E-state index in [1.165, 1.54) is 12.8 Å². The van der Waals surface area contributed by atoms with Crippen molar-refractivity contribution in [3.05, 3.63) is 24.2 Å². The topological polar surface area (TPSA) is 58.0 Å². The van der Waals surface area contributed by atoms with Crippen molar-refractivity contribution in [1.29, 1.82) is 0 Å². The van der Waals surface area contributed by atoms with E-state index in [0.29, 0.717) is 26.2 Å². The first kappa shape index (κ1) is 15.4. The number of carbonyl (C=O) groups excluding carboxylic acids is 1. The summed E-state index contributed by atoms with van der Waals surface area (Å²) in [5, 5.41) is 2.89. The molecule has 1 atom stereocenters. The van der Waals surface area contributed by atoms with E-state index in [1.807, 2.05) is 17.0 Å². The highest BCUT2D eigenvalue weighted by molar-refractivity contribution is 5.74. The van der Waals surface area contributed by atoms with Crippen LogP contribution < -0.4 is 5.32 Å². The number of furan rings is 1. The van der Waals surface area contributed by atoms with E-state index >= 15 is 0 Å². The molecule has 1 aliphatic heterocycles. The average molecular weight is 307 g/mol. The molecular formula is C16H25N3O3. The summed E-state index contributed by atoms with van der Waals surface area (Å²) in [6.45, 7) is 4.36. The smallest absolute Gasteiger partial charge is 0.317 e. The van der Waals surface area contributed by atoms with Gasteiger partial charge < -0.3 is 24.3 Å². The molecule has 1 saturated carbocycles. The van der Waals surface area contributed by atoms with Crippen LogP contribution in [0.25, 0.3) is 0 Å². The number of likely N-dealkylation sites (N-methyl/N-ethyl adjacent to an activating group) is 1. The van der Waals surface area contributed by atoms with E-state index in [1.54, 1.807) is 6.26 Å². The maximum absolute atomic E-state index is 12.2. The van der Waals surface area contributed by atoms with Gasteiger partial charge in [0.1, 0.15) is 5.76 Å². The zero-order valence-electron chi connectivity index (χ0n) is 13.2. The number of ether oxygens (including phenoxy) is 1. The lowest BCUT2D eigenvalue weighted by Crippen LogP contribution is -2.52. The Bertz CT molecular complexity index is 473. The molecule has 2 aliphatic rings. The fourth-order valence-corrected chi connectivity index (χ4v) is 2.87. The molecule has 6 nitrogen and oxygen atoms in total. The predicted octanol–water partition coefficient (Wildman–Crippen LogP) is 1.53. The lowest BCUT2D eigenvalue weighted by atomic mass is 10.2. The van der Waals surface area contributed by atoms with Gasteiger partial charge >= 0.3 is 6.03 Å². The Morgan fingerprint density at radius 2 is 2.32 bits per heavy atom. The number of nitrogens with one attached hydrogen (secondary N) is 1. The largest absolute Gasteiger partial charge is 0.467 e. The molecule has 3 rings (SSSR count). The third-order valence-corrected chi connectivity index (χ3v) is 4.20. The van der Waals surface area contributed by atoms with Crippen molar-refractivity contribution < 1.29 is 13.9 Å². The Morgan fingerprint density at radius 3 is 3.05 bits per heavy atom. The molecule has 0 unspecified atom stereocenters. The first-order valence-corrected chi connectivity index (χ1v) is 8.06. The van der Waals surface area contributed by atoms with Crippen LogP contribution in [0.3, 0.4) is 0 Å². The minimum absolute atomic E-state index is 0.0467. The van der Waals surface area contributed by atoms with Gasteiger partial charge in [0.25, 0.3) is 0 Å². The third-order valence-electron chi connectivity index (χ3n) is 4.20. The number of amides is 2. The molecule has 1 aliphatic carbocycles. The van der Waals surface area contributed by atoms with E-state index in [9.17, 15) is 4.79 Å². The average Bonchev–Trinajstić information content (AvgIpc) is 3.16. The van der Waals surface area contributed by atoms with E-state index in [0.717, 1.165) is 24.8 Å². The minimum atomic E-state index is -0.0467. The number of urea groups is 1. The molecule has 0 bridgehead atoms. The number of rotatable bonds is 6. The first-order valence-electron chi connectivity index (χ1n) is 8.06. The molecule has 2 heterocycles. The molecule has 2 fully saturated rings. The predicted molar refractivity (Wildman–Crippen MR) is 82.5 cm³/mol. The van der Waals surface area contributed by atoms with Crippen molar-refractivity contribution >= 4 is 6.03 Å². The molecule has 1 aromatic heterocycles. The van der Waals surface area contributed by atoms with Gasteiger partial charge in [-0.2, -0.15) is 0 Å². The van der Waals surface area contributed by atoms with Gasteiger partial charge in [0, 0.05) is 26.2 Å². The zero-order valence-corrected chi connectivity index (χ0v) is 13.2. The second-order valence-corrected chi connectivity index (χ2v) is 6.34. The minimum Gasteiger partial charge on any atom is -0.467 e. The Labute approximate surface area is 131 Å². The maximum Gasteiger partial charge on any atom is 0.317 e. The summed E-state index contributed by atoms with van der Waals surface area (Å²) in [5.74, 6) is 1.64. The number of nitrogens with zero attached hydrogens (tertiary/aromatic N) is 2. The molecule has 1 aromatic rings. The maximum atomic E-state index is 12.2. The number of carbonyl (C=O) groups is 1. The van der Waals surface area contributed by atoms with Gasteiger partial charge in [-0.05, 0) is 37.9 Å². The van der Waals surface area contributed by atoms with Crippen molar-refractivity contribution in [3.8, 4) is 0 Å². The van der Waals surface area contributed by atoms with Crippen LogP contribution in [0.5, 0.6) is 0 Å². The summed E-state index contributed by atoms with van der Waals surface area (Å²) >= 11 is 0. The van der Waals surface area contributed by atoms with E-state index < -0.39 is 0 Å². The molecule has 1 N–H and O–H groups in total. The molecule has 1 saturated heterocycles. The van der Waals surface area contributed by atoms with Crippen LogP contribution in [0.4, 0.5) is 4.79 Å². The Hall–Kier alpha value is -1.53. The summed E-state index contributed by atoms with van der Waals surface area (Å²) in [7, 11) is 2.14. The van der Waals surface area contributed by atoms with Gasteiger partial charge in [-0.1, -0.05) is 0 Å². The second-order valence-electron chi connectivity index (χ2n) is 6.34. The van der Waals surface area contributed by atoms with Gasteiger partial charge in [-0.3, -0.25) is 0 Å². The fraction of sp³-hybridized carbons (Fsp3) is 0.688. The van der Waals surface area contributed by atoms with Gasteiger partial charge in [-0.15, -0.1) is 0 Å². The van der Waals surface area contributed by atoms with Crippen LogP contribution in [0.1, 0.15) is 18.6 Å². The van der Waals surface area contributed by atoms with Crippen molar-refractivity contribution in [1.82, 2.24) is 15.1 Å². The number of morpholine rings is 1. The summed E-state index contributed by atoms with van der Waals surface area (Å²) in [6, 6.07) is 3.63. The van der Waals surface area contributed by atoms with Crippen molar-refractivity contribution in [2.75, 3.05) is 39.8 Å². The standard InChI is InChI=1S/C16H25N3O3/c1-18(10-13-4-5-13)11-15-12-19(6-8-22-15)16(20)17-9-14-3-2-7-21-14/h2-3,7,13,15H,4-6,8-12H2,1H3,(H,17,20)/t15-/m0/s1. The third kappa shape index (κ3) is 4.48. The Balaban J connectivity index is 1.41. The Kier molecular flexibility index (Phi) is 5.00. The fourth-order valence-electron chi connectivity index (χ4n) is 2.87. The summed E-state index contributed by atoms with van der Waals surface area (Å²) in [5.41, 5.74) is 0. The number of hydrogen-bond acceptors (Lipinski definition) is 4. The van der Waals surface area contributed by atoms with Gasteiger partial charge in [0.15, 0.2) is 0 Å². The first-order chi connectivity index (χ1) is 10.7. The quantitative estimate of drug-likeness (QED) is 0.866. The highest BCUT2D eigenvalue weighted by atomic mass is 16.5. The second kappa shape index (κ2) is 7.15. The van der Waals surface area contributed by atoms with Crippen LogP contribution in [-0.2, 0) is 11.3 Å². The summed E-state index contributed by atoms with van der Waals surface area (Å²) in [4.78, 5) is 16.4. The molecule has 6 heteroatoms. The van der Waals surface area contributed by atoms with Crippen molar-refractivity contribution in [2.24, 2.45) is 5.92 Å². The zero-order chi connectivity index (χ0) is 15.4. The van der Waals surface area contributed by atoms with Crippen molar-refractivity contribution in [3.63, 3.8) is 0 Å².